The standard InChI is InChI=1S/C17H21NO3S.C4H4O4/c1-18(12-14-6-4-3-5-7-14)13-17(19)15-8-10-16(11-9-15)22(2,20)21;5-3(6)1-2-4(7)8/h3-11,17,19H,12-13H2,1-2H3;1-2H,(H,5,6)(H,7,8)/b;2-1-. The molecular weight excluding hydrogens is 410 g/mol. The average molecular weight is 435 g/mol. The number of carboxylic acids is 2. The second kappa shape index (κ2) is 11.9. The summed E-state index contributed by atoms with van der Waals surface area (Å²) in [6.07, 6.45) is 1.64. The average Bonchev–Trinajstić information content (AvgIpc) is 2.67. The van der Waals surface area contributed by atoms with Crippen molar-refractivity contribution >= 4 is 21.8 Å². The van der Waals surface area contributed by atoms with E-state index < -0.39 is 27.9 Å². The molecule has 0 aromatic heterocycles. The minimum atomic E-state index is -3.20. The molecule has 1 unspecified atom stereocenters. The van der Waals surface area contributed by atoms with Crippen LogP contribution in [0, 0.1) is 0 Å². The molecular formula is C21H25NO7S. The van der Waals surface area contributed by atoms with Crippen LogP contribution in [0.15, 0.2) is 71.6 Å². The monoisotopic (exact) mass is 435 g/mol. The summed E-state index contributed by atoms with van der Waals surface area (Å²) in [5.41, 5.74) is 1.90. The van der Waals surface area contributed by atoms with Crippen LogP contribution < -0.4 is 0 Å². The first-order valence-electron chi connectivity index (χ1n) is 8.83. The van der Waals surface area contributed by atoms with Crippen molar-refractivity contribution in [3.63, 3.8) is 0 Å². The van der Waals surface area contributed by atoms with Gasteiger partial charge in [0.05, 0.1) is 11.0 Å². The van der Waals surface area contributed by atoms with Crippen LogP contribution in [0.4, 0.5) is 0 Å². The summed E-state index contributed by atoms with van der Waals surface area (Å²) in [5.74, 6) is -2.51. The maximum atomic E-state index is 11.4. The van der Waals surface area contributed by atoms with Crippen LogP contribution in [0.5, 0.6) is 0 Å². The van der Waals surface area contributed by atoms with Gasteiger partial charge in [-0.25, -0.2) is 18.0 Å². The lowest BCUT2D eigenvalue weighted by molar-refractivity contribution is -0.134. The van der Waals surface area contributed by atoms with E-state index in [0.717, 1.165) is 6.54 Å². The highest BCUT2D eigenvalue weighted by Gasteiger charge is 2.13. The number of carboxylic acid groups (broad SMARTS) is 2. The number of aliphatic hydroxyl groups excluding tert-OH is 1. The van der Waals surface area contributed by atoms with E-state index >= 15 is 0 Å². The molecule has 2 aromatic rings. The highest BCUT2D eigenvalue weighted by Crippen LogP contribution is 2.18. The SMILES string of the molecule is CN(Cc1ccccc1)CC(O)c1ccc(S(C)(=O)=O)cc1.O=C(O)/C=C\C(=O)O. The summed E-state index contributed by atoms with van der Waals surface area (Å²) < 4.78 is 22.8. The van der Waals surface area contributed by atoms with Crippen LogP contribution in [-0.4, -0.2) is 60.4 Å². The number of carbonyl (C=O) groups is 2. The zero-order valence-electron chi connectivity index (χ0n) is 16.7. The smallest absolute Gasteiger partial charge is 0.328 e. The summed E-state index contributed by atoms with van der Waals surface area (Å²) in [6.45, 7) is 1.23. The normalized spacial score (nSPS) is 12.3. The molecule has 0 aliphatic heterocycles. The molecule has 0 spiro atoms. The third-order valence-electron chi connectivity index (χ3n) is 3.84. The van der Waals surface area contributed by atoms with Crippen molar-refractivity contribution in [2.24, 2.45) is 0 Å². The van der Waals surface area contributed by atoms with Crippen LogP contribution in [0.25, 0.3) is 0 Å². The van der Waals surface area contributed by atoms with E-state index in [1.165, 1.54) is 24.0 Å². The molecule has 0 fully saturated rings. The number of hydrogen-bond acceptors (Lipinski definition) is 6. The van der Waals surface area contributed by atoms with Gasteiger partial charge in [-0.3, -0.25) is 4.90 Å². The van der Waals surface area contributed by atoms with E-state index in [4.69, 9.17) is 10.2 Å². The quantitative estimate of drug-likeness (QED) is 0.536. The predicted molar refractivity (Wildman–Crippen MR) is 112 cm³/mol. The Morgan fingerprint density at radius 1 is 0.967 bits per heavy atom. The fourth-order valence-corrected chi connectivity index (χ4v) is 3.07. The van der Waals surface area contributed by atoms with Gasteiger partial charge >= 0.3 is 11.9 Å². The van der Waals surface area contributed by atoms with Gasteiger partial charge in [-0.05, 0) is 30.3 Å². The van der Waals surface area contributed by atoms with Crippen molar-refractivity contribution < 1.29 is 33.3 Å². The highest BCUT2D eigenvalue weighted by atomic mass is 32.2. The first-order valence-corrected chi connectivity index (χ1v) is 10.7. The van der Waals surface area contributed by atoms with Gasteiger partial charge in [-0.2, -0.15) is 0 Å². The Kier molecular flexibility index (Phi) is 9.90. The van der Waals surface area contributed by atoms with E-state index in [2.05, 4.69) is 0 Å². The maximum Gasteiger partial charge on any atom is 0.328 e. The summed E-state index contributed by atoms with van der Waals surface area (Å²) in [7, 11) is -1.26. The second-order valence-corrected chi connectivity index (χ2v) is 8.56. The lowest BCUT2D eigenvalue weighted by atomic mass is 10.1. The molecule has 1 atom stereocenters. The number of likely N-dealkylation sites (N-methyl/N-ethyl adjacent to an activating group) is 1. The molecule has 0 bridgehead atoms. The molecule has 30 heavy (non-hydrogen) atoms. The largest absolute Gasteiger partial charge is 0.478 e. The fraction of sp³-hybridized carbons (Fsp3) is 0.238. The van der Waals surface area contributed by atoms with Crippen LogP contribution in [0.2, 0.25) is 0 Å². The molecule has 0 heterocycles. The van der Waals surface area contributed by atoms with Crippen molar-refractivity contribution in [3.8, 4) is 0 Å². The van der Waals surface area contributed by atoms with E-state index in [0.29, 0.717) is 24.3 Å². The summed E-state index contributed by atoms with van der Waals surface area (Å²) in [5, 5.41) is 25.9. The molecule has 3 N–H and O–H groups in total. The van der Waals surface area contributed by atoms with Gasteiger partial charge in [0.2, 0.25) is 0 Å². The van der Waals surface area contributed by atoms with Gasteiger partial charge in [-0.1, -0.05) is 42.5 Å². The first kappa shape index (κ1) is 25.0. The second-order valence-electron chi connectivity index (χ2n) is 6.55. The molecule has 0 aliphatic rings. The fourth-order valence-electron chi connectivity index (χ4n) is 2.44. The Bertz CT molecular complexity index is 939. The molecule has 0 amide bonds. The molecule has 2 rings (SSSR count). The van der Waals surface area contributed by atoms with Crippen LogP contribution in [0.1, 0.15) is 17.2 Å². The lowest BCUT2D eigenvalue weighted by Gasteiger charge is -2.21. The minimum Gasteiger partial charge on any atom is -0.478 e. The van der Waals surface area contributed by atoms with E-state index in [1.807, 2.05) is 42.3 Å². The van der Waals surface area contributed by atoms with Crippen LogP contribution >= 0.6 is 0 Å². The van der Waals surface area contributed by atoms with Gasteiger partial charge in [0.25, 0.3) is 0 Å². The maximum absolute atomic E-state index is 11.4. The van der Waals surface area contributed by atoms with E-state index in [9.17, 15) is 23.1 Å². The van der Waals surface area contributed by atoms with Gasteiger partial charge in [0.15, 0.2) is 9.84 Å². The minimum absolute atomic E-state index is 0.265. The molecule has 0 aliphatic carbocycles. The molecule has 2 aromatic carbocycles. The van der Waals surface area contributed by atoms with Crippen molar-refractivity contribution in [1.29, 1.82) is 0 Å². The van der Waals surface area contributed by atoms with E-state index in [1.54, 1.807) is 12.1 Å². The molecule has 0 saturated heterocycles. The third-order valence-corrected chi connectivity index (χ3v) is 4.97. The molecule has 0 saturated carbocycles. The first-order chi connectivity index (χ1) is 14.0. The van der Waals surface area contributed by atoms with Crippen LogP contribution in [-0.2, 0) is 26.0 Å². The molecule has 162 valence electrons. The van der Waals surface area contributed by atoms with Gasteiger partial charge < -0.3 is 15.3 Å². The van der Waals surface area contributed by atoms with E-state index in [-0.39, 0.29) is 4.90 Å². The highest BCUT2D eigenvalue weighted by molar-refractivity contribution is 7.90. The molecule has 0 radical (unpaired) electrons. The van der Waals surface area contributed by atoms with Gasteiger partial charge in [-0.15, -0.1) is 0 Å². The van der Waals surface area contributed by atoms with Crippen molar-refractivity contribution in [2.75, 3.05) is 19.8 Å². The van der Waals surface area contributed by atoms with Crippen molar-refractivity contribution in [3.05, 3.63) is 77.9 Å². The van der Waals surface area contributed by atoms with Gasteiger partial charge in [0.1, 0.15) is 0 Å². The molecule has 9 heteroatoms. The number of sulfone groups is 1. The zero-order valence-corrected chi connectivity index (χ0v) is 17.5. The Balaban J connectivity index is 0.000000479. The Labute approximate surface area is 175 Å². The number of rotatable bonds is 8. The zero-order chi connectivity index (χ0) is 22.7. The number of benzene rings is 2. The summed E-state index contributed by atoms with van der Waals surface area (Å²) in [6, 6.07) is 16.4. The third kappa shape index (κ3) is 9.97. The number of aliphatic carboxylic acids is 2. The number of nitrogens with zero attached hydrogens (tertiary/aromatic N) is 1. The number of hydrogen-bond donors (Lipinski definition) is 3. The Morgan fingerprint density at radius 3 is 1.90 bits per heavy atom. The van der Waals surface area contributed by atoms with Crippen molar-refractivity contribution in [1.82, 2.24) is 4.90 Å². The Hall–Kier alpha value is -3.01. The number of aliphatic hydroxyl groups is 1. The lowest BCUT2D eigenvalue weighted by Crippen LogP contribution is -2.24. The summed E-state index contributed by atoms with van der Waals surface area (Å²) in [4.78, 5) is 21.4. The topological polar surface area (TPSA) is 132 Å². The summed E-state index contributed by atoms with van der Waals surface area (Å²) >= 11 is 0. The Morgan fingerprint density at radius 2 is 1.47 bits per heavy atom. The van der Waals surface area contributed by atoms with Crippen LogP contribution in [0.3, 0.4) is 0 Å². The van der Waals surface area contributed by atoms with Gasteiger partial charge in [0, 0.05) is 31.5 Å². The van der Waals surface area contributed by atoms with Crippen molar-refractivity contribution in [2.45, 2.75) is 17.5 Å². The predicted octanol–water partition coefficient (Wildman–Crippen LogP) is 1.97. The molecule has 8 nitrogen and oxygen atoms in total.